The molecule has 4 rings (SSSR count). The lowest BCUT2D eigenvalue weighted by Gasteiger charge is -2.36. The summed E-state index contributed by atoms with van der Waals surface area (Å²) >= 11 is 0. The summed E-state index contributed by atoms with van der Waals surface area (Å²) in [4.78, 5) is 17.0. The topological polar surface area (TPSA) is 79.4 Å². The second-order valence-corrected chi connectivity index (χ2v) is 10.3. The van der Waals surface area contributed by atoms with Gasteiger partial charge < -0.3 is 14.4 Å². The summed E-state index contributed by atoms with van der Waals surface area (Å²) in [5, 5.41) is 0. The third-order valence-electron chi connectivity index (χ3n) is 5.88. The van der Waals surface area contributed by atoms with Gasteiger partial charge in [0.15, 0.2) is 11.5 Å². The molecule has 32 heavy (non-hydrogen) atoms. The zero-order valence-electron chi connectivity index (χ0n) is 18.7. The maximum Gasteiger partial charge on any atom is 0.243 e. The van der Waals surface area contributed by atoms with E-state index in [-0.39, 0.29) is 19.2 Å². The Bertz CT molecular complexity index is 1110. The van der Waals surface area contributed by atoms with Crippen molar-refractivity contribution in [1.82, 2.24) is 9.80 Å². The summed E-state index contributed by atoms with van der Waals surface area (Å²) in [7, 11) is -3.59. The van der Waals surface area contributed by atoms with E-state index in [1.54, 1.807) is 4.90 Å². The standard InChI is InChI=1S/C23H29N3O5S/c1-17-4-5-18(2)20(12-17)26(32(3,28)29)15-23(27)25-10-8-24(9-11-25)14-19-6-7-21-22(13-19)31-16-30-21/h4-7,12-13H,8-11,14-16H2,1-3H3. The van der Waals surface area contributed by atoms with Crippen LogP contribution in [-0.4, -0.2) is 69.9 Å². The lowest BCUT2D eigenvalue weighted by atomic mass is 10.1. The summed E-state index contributed by atoms with van der Waals surface area (Å²) in [6.45, 7) is 7.16. The maximum absolute atomic E-state index is 13.0. The molecule has 0 saturated carbocycles. The molecule has 2 heterocycles. The first kappa shape index (κ1) is 22.4. The van der Waals surface area contributed by atoms with Crippen molar-refractivity contribution < 1.29 is 22.7 Å². The number of benzene rings is 2. The molecule has 1 saturated heterocycles. The van der Waals surface area contributed by atoms with E-state index in [1.807, 2.05) is 50.2 Å². The van der Waals surface area contributed by atoms with Crippen molar-refractivity contribution in [3.05, 3.63) is 53.1 Å². The van der Waals surface area contributed by atoms with Crippen LogP contribution in [0.2, 0.25) is 0 Å². The van der Waals surface area contributed by atoms with Crippen molar-refractivity contribution in [1.29, 1.82) is 0 Å². The molecule has 9 heteroatoms. The summed E-state index contributed by atoms with van der Waals surface area (Å²) in [6.07, 6.45) is 1.14. The molecule has 0 unspecified atom stereocenters. The number of piperazine rings is 1. The molecule has 1 fully saturated rings. The molecule has 2 aliphatic heterocycles. The maximum atomic E-state index is 13.0. The molecule has 2 aliphatic rings. The Kier molecular flexibility index (Phi) is 6.30. The van der Waals surface area contributed by atoms with Crippen molar-refractivity contribution in [2.75, 3.05) is 50.1 Å². The lowest BCUT2D eigenvalue weighted by Crippen LogP contribution is -2.51. The van der Waals surface area contributed by atoms with E-state index in [1.165, 1.54) is 4.31 Å². The van der Waals surface area contributed by atoms with Crippen LogP contribution in [0.3, 0.4) is 0 Å². The van der Waals surface area contributed by atoms with Crippen LogP contribution in [-0.2, 0) is 21.4 Å². The zero-order valence-corrected chi connectivity index (χ0v) is 19.5. The Morgan fingerprint density at radius 1 is 1.00 bits per heavy atom. The van der Waals surface area contributed by atoms with Crippen LogP contribution < -0.4 is 13.8 Å². The van der Waals surface area contributed by atoms with Crippen LogP contribution in [0.25, 0.3) is 0 Å². The third-order valence-corrected chi connectivity index (χ3v) is 7.01. The van der Waals surface area contributed by atoms with E-state index in [0.717, 1.165) is 54.1 Å². The highest BCUT2D eigenvalue weighted by Crippen LogP contribution is 2.33. The predicted octanol–water partition coefficient (Wildman–Crippen LogP) is 2.14. The molecule has 8 nitrogen and oxygen atoms in total. The highest BCUT2D eigenvalue weighted by Gasteiger charge is 2.27. The smallest absolute Gasteiger partial charge is 0.243 e. The summed E-state index contributed by atoms with van der Waals surface area (Å²) in [6, 6.07) is 11.6. The van der Waals surface area contributed by atoms with E-state index in [0.29, 0.717) is 18.8 Å². The van der Waals surface area contributed by atoms with Crippen LogP contribution in [0.1, 0.15) is 16.7 Å². The quantitative estimate of drug-likeness (QED) is 0.659. The van der Waals surface area contributed by atoms with Crippen LogP contribution in [0.5, 0.6) is 11.5 Å². The molecule has 0 N–H and O–H groups in total. The first-order chi connectivity index (χ1) is 15.2. The van der Waals surface area contributed by atoms with Gasteiger partial charge in [-0.3, -0.25) is 14.0 Å². The molecular formula is C23H29N3O5S. The van der Waals surface area contributed by atoms with Gasteiger partial charge in [-0.2, -0.15) is 0 Å². The fraction of sp³-hybridized carbons (Fsp3) is 0.435. The average Bonchev–Trinajstić information content (AvgIpc) is 3.21. The summed E-state index contributed by atoms with van der Waals surface area (Å²) in [5.41, 5.74) is 3.46. The molecule has 0 aliphatic carbocycles. The molecule has 0 aromatic heterocycles. The molecule has 2 aromatic rings. The van der Waals surface area contributed by atoms with Crippen LogP contribution >= 0.6 is 0 Å². The average molecular weight is 460 g/mol. The van der Waals surface area contributed by atoms with Gasteiger partial charge in [-0.1, -0.05) is 18.2 Å². The van der Waals surface area contributed by atoms with Crippen LogP contribution in [0.4, 0.5) is 5.69 Å². The van der Waals surface area contributed by atoms with Gasteiger partial charge in [0.2, 0.25) is 22.7 Å². The fourth-order valence-electron chi connectivity index (χ4n) is 4.04. The highest BCUT2D eigenvalue weighted by atomic mass is 32.2. The Hall–Kier alpha value is -2.78. The number of amides is 1. The van der Waals surface area contributed by atoms with E-state index < -0.39 is 10.0 Å². The SMILES string of the molecule is Cc1ccc(C)c(N(CC(=O)N2CCN(Cc3ccc4c(c3)OCO4)CC2)S(C)(=O)=O)c1. The van der Waals surface area contributed by atoms with Gasteiger partial charge in [0.25, 0.3) is 0 Å². The van der Waals surface area contributed by atoms with Gasteiger partial charge in [-0.15, -0.1) is 0 Å². The summed E-state index contributed by atoms with van der Waals surface area (Å²) in [5.74, 6) is 1.35. The Labute approximate surface area is 189 Å². The minimum atomic E-state index is -3.59. The number of ether oxygens (including phenoxy) is 2. The second-order valence-electron chi connectivity index (χ2n) is 8.40. The first-order valence-corrected chi connectivity index (χ1v) is 12.5. The van der Waals surface area contributed by atoms with E-state index >= 15 is 0 Å². The van der Waals surface area contributed by atoms with Crippen LogP contribution in [0, 0.1) is 13.8 Å². The Balaban J connectivity index is 1.37. The summed E-state index contributed by atoms with van der Waals surface area (Å²) < 4.78 is 37.0. The highest BCUT2D eigenvalue weighted by molar-refractivity contribution is 7.92. The molecule has 0 spiro atoms. The van der Waals surface area contributed by atoms with Crippen molar-refractivity contribution in [2.24, 2.45) is 0 Å². The Morgan fingerprint density at radius 3 is 2.44 bits per heavy atom. The number of rotatable bonds is 6. The number of fused-ring (bicyclic) bond motifs is 1. The minimum absolute atomic E-state index is 0.181. The largest absolute Gasteiger partial charge is 0.454 e. The van der Waals surface area contributed by atoms with Crippen molar-refractivity contribution in [3.63, 3.8) is 0 Å². The van der Waals surface area contributed by atoms with Gasteiger partial charge in [-0.25, -0.2) is 8.42 Å². The van der Waals surface area contributed by atoms with E-state index in [4.69, 9.17) is 9.47 Å². The zero-order chi connectivity index (χ0) is 22.9. The molecular weight excluding hydrogens is 430 g/mol. The van der Waals surface area contributed by atoms with Crippen molar-refractivity contribution in [2.45, 2.75) is 20.4 Å². The van der Waals surface area contributed by atoms with E-state index in [2.05, 4.69) is 4.90 Å². The van der Waals surface area contributed by atoms with Gasteiger partial charge in [0.1, 0.15) is 6.54 Å². The second kappa shape index (κ2) is 8.99. The first-order valence-electron chi connectivity index (χ1n) is 10.6. The fourth-order valence-corrected chi connectivity index (χ4v) is 4.94. The number of sulfonamides is 1. The molecule has 1 amide bonds. The number of carbonyl (C=O) groups is 1. The number of anilines is 1. The molecule has 0 bridgehead atoms. The number of hydrogen-bond donors (Lipinski definition) is 0. The molecule has 2 aromatic carbocycles. The molecule has 172 valence electrons. The van der Waals surface area contributed by atoms with Gasteiger partial charge in [0.05, 0.1) is 11.9 Å². The number of hydrogen-bond acceptors (Lipinski definition) is 6. The van der Waals surface area contributed by atoms with Gasteiger partial charge >= 0.3 is 0 Å². The lowest BCUT2D eigenvalue weighted by molar-refractivity contribution is -0.131. The minimum Gasteiger partial charge on any atom is -0.454 e. The predicted molar refractivity (Wildman–Crippen MR) is 123 cm³/mol. The molecule has 0 radical (unpaired) electrons. The normalized spacial score (nSPS) is 16.3. The van der Waals surface area contributed by atoms with Gasteiger partial charge in [0, 0.05) is 32.7 Å². The van der Waals surface area contributed by atoms with E-state index in [9.17, 15) is 13.2 Å². The number of carbonyl (C=O) groups excluding carboxylic acids is 1. The van der Waals surface area contributed by atoms with Crippen LogP contribution in [0.15, 0.2) is 36.4 Å². The Morgan fingerprint density at radius 2 is 1.72 bits per heavy atom. The third kappa shape index (κ3) is 4.99. The van der Waals surface area contributed by atoms with Crippen molar-refractivity contribution >= 4 is 21.6 Å². The monoisotopic (exact) mass is 459 g/mol. The van der Waals surface area contributed by atoms with Gasteiger partial charge in [-0.05, 0) is 48.7 Å². The van der Waals surface area contributed by atoms with Crippen molar-refractivity contribution in [3.8, 4) is 11.5 Å². The molecule has 0 atom stereocenters. The number of aryl methyl sites for hydroxylation is 2. The number of nitrogens with zero attached hydrogens (tertiary/aromatic N) is 3.